The molecule has 2 aromatic rings. The van der Waals surface area contributed by atoms with E-state index in [0.29, 0.717) is 12.0 Å². The van der Waals surface area contributed by atoms with E-state index in [4.69, 9.17) is 12.6 Å². The van der Waals surface area contributed by atoms with Crippen LogP contribution in [0, 0.1) is 5.41 Å². The molecule has 1 unspecified atom stereocenters. The van der Waals surface area contributed by atoms with E-state index in [1.165, 1.54) is 16.9 Å². The Labute approximate surface area is 175 Å². The van der Waals surface area contributed by atoms with Crippen LogP contribution in [-0.4, -0.2) is 19.3 Å². The summed E-state index contributed by atoms with van der Waals surface area (Å²) >= 11 is 9.29. The molecular formula is C23H32N2S2. The molecule has 146 valence electrons. The van der Waals surface area contributed by atoms with Crippen molar-refractivity contribution in [2.45, 2.75) is 62.8 Å². The normalized spacial score (nSPS) is 20.1. The van der Waals surface area contributed by atoms with Crippen LogP contribution in [-0.2, 0) is 0 Å². The molecule has 0 radical (unpaired) electrons. The molecule has 0 aliphatic carbocycles. The van der Waals surface area contributed by atoms with Crippen molar-refractivity contribution >= 4 is 36.6 Å². The smallest absolute Gasteiger partial charge is 0.0906 e. The van der Waals surface area contributed by atoms with Crippen molar-refractivity contribution in [3.8, 4) is 0 Å². The topological polar surface area (TPSA) is 6.48 Å². The Kier molecular flexibility index (Phi) is 6.07. The molecule has 1 aliphatic rings. The third kappa shape index (κ3) is 4.78. The van der Waals surface area contributed by atoms with E-state index in [1.807, 2.05) is 0 Å². The maximum Gasteiger partial charge on any atom is 0.0906 e. The van der Waals surface area contributed by atoms with Gasteiger partial charge in [0.1, 0.15) is 0 Å². The molecule has 0 amide bonds. The SMILES string of the molecule is CC(C)c1ccc(N2CN(c3ccc(S)cc3)C(C)CC(C)(C)C2)c(S)c1. The van der Waals surface area contributed by atoms with Crippen LogP contribution in [0.15, 0.2) is 52.3 Å². The minimum Gasteiger partial charge on any atom is -0.352 e. The summed E-state index contributed by atoms with van der Waals surface area (Å²) in [5, 5.41) is 0. The Bertz CT molecular complexity index is 783. The van der Waals surface area contributed by atoms with Gasteiger partial charge < -0.3 is 9.80 Å². The Morgan fingerprint density at radius 1 is 1.04 bits per heavy atom. The van der Waals surface area contributed by atoms with Crippen molar-refractivity contribution in [3.63, 3.8) is 0 Å². The van der Waals surface area contributed by atoms with Gasteiger partial charge in [-0.15, -0.1) is 25.3 Å². The van der Waals surface area contributed by atoms with Crippen molar-refractivity contribution in [1.29, 1.82) is 0 Å². The van der Waals surface area contributed by atoms with Crippen molar-refractivity contribution in [1.82, 2.24) is 0 Å². The Morgan fingerprint density at radius 2 is 1.70 bits per heavy atom. The number of rotatable bonds is 3. The predicted molar refractivity (Wildman–Crippen MR) is 124 cm³/mol. The van der Waals surface area contributed by atoms with Gasteiger partial charge in [-0.25, -0.2) is 0 Å². The molecule has 1 aliphatic heterocycles. The quantitative estimate of drug-likeness (QED) is 0.570. The number of nitrogens with zero attached hydrogens (tertiary/aromatic N) is 2. The van der Waals surface area contributed by atoms with Crippen LogP contribution in [0.25, 0.3) is 0 Å². The summed E-state index contributed by atoms with van der Waals surface area (Å²) in [6.07, 6.45) is 1.15. The molecule has 0 aromatic heterocycles. The standard InChI is InChI=1S/C23H32N2S2/c1-16(2)18-6-11-21(22(27)12-18)24-14-23(4,5)13-17(3)25(15-24)19-7-9-20(26)10-8-19/h6-12,16-17,26-27H,13-15H2,1-5H3. The van der Waals surface area contributed by atoms with Gasteiger partial charge in [-0.2, -0.15) is 0 Å². The van der Waals surface area contributed by atoms with Crippen molar-refractivity contribution in [2.75, 3.05) is 23.0 Å². The van der Waals surface area contributed by atoms with Gasteiger partial charge in [0, 0.05) is 28.1 Å². The van der Waals surface area contributed by atoms with E-state index < -0.39 is 0 Å². The highest BCUT2D eigenvalue weighted by molar-refractivity contribution is 7.80. The van der Waals surface area contributed by atoms with Crippen molar-refractivity contribution in [3.05, 3.63) is 48.0 Å². The third-order valence-corrected chi connectivity index (χ3v) is 6.17. The molecule has 2 nitrogen and oxygen atoms in total. The monoisotopic (exact) mass is 400 g/mol. The molecule has 0 saturated carbocycles. The van der Waals surface area contributed by atoms with Crippen LogP contribution in [0.4, 0.5) is 11.4 Å². The van der Waals surface area contributed by atoms with E-state index in [1.54, 1.807) is 0 Å². The molecule has 0 bridgehead atoms. The highest BCUT2D eigenvalue weighted by Gasteiger charge is 2.33. The Morgan fingerprint density at radius 3 is 2.30 bits per heavy atom. The zero-order valence-corrected chi connectivity index (χ0v) is 18.9. The summed E-state index contributed by atoms with van der Waals surface area (Å²) in [5.74, 6) is 0.516. The van der Waals surface area contributed by atoms with Crippen LogP contribution in [0.1, 0.15) is 52.5 Å². The zero-order valence-electron chi connectivity index (χ0n) is 17.1. The van der Waals surface area contributed by atoms with Gasteiger partial charge in [0.2, 0.25) is 0 Å². The largest absolute Gasteiger partial charge is 0.352 e. The minimum atomic E-state index is 0.231. The molecular weight excluding hydrogens is 368 g/mol. The fraction of sp³-hybridized carbons (Fsp3) is 0.478. The number of anilines is 2. The third-order valence-electron chi connectivity index (χ3n) is 5.51. The first-order valence-electron chi connectivity index (χ1n) is 9.80. The zero-order chi connectivity index (χ0) is 19.8. The molecule has 2 aromatic carbocycles. The summed E-state index contributed by atoms with van der Waals surface area (Å²) in [6, 6.07) is 15.7. The summed E-state index contributed by atoms with van der Waals surface area (Å²) in [6.45, 7) is 13.4. The van der Waals surface area contributed by atoms with Gasteiger partial charge >= 0.3 is 0 Å². The van der Waals surface area contributed by atoms with Crippen molar-refractivity contribution < 1.29 is 0 Å². The molecule has 1 fully saturated rings. The lowest BCUT2D eigenvalue weighted by Gasteiger charge is -2.35. The number of hydrogen-bond acceptors (Lipinski definition) is 4. The van der Waals surface area contributed by atoms with Gasteiger partial charge in [0.15, 0.2) is 0 Å². The fourth-order valence-electron chi connectivity index (χ4n) is 4.17. The molecule has 0 N–H and O–H groups in total. The first-order valence-corrected chi connectivity index (χ1v) is 10.7. The van der Waals surface area contributed by atoms with Crippen molar-refractivity contribution in [2.24, 2.45) is 5.41 Å². The second kappa shape index (κ2) is 8.00. The summed E-state index contributed by atoms with van der Waals surface area (Å²) in [7, 11) is 0. The highest BCUT2D eigenvalue weighted by atomic mass is 32.1. The first kappa shape index (κ1) is 20.5. The van der Waals surface area contributed by atoms with E-state index in [-0.39, 0.29) is 5.41 Å². The fourth-order valence-corrected chi connectivity index (χ4v) is 4.69. The van der Waals surface area contributed by atoms with Crippen LogP contribution >= 0.6 is 25.3 Å². The maximum atomic E-state index is 4.85. The Balaban J connectivity index is 1.97. The first-order chi connectivity index (χ1) is 12.7. The molecule has 1 atom stereocenters. The average Bonchev–Trinajstić information content (AvgIpc) is 2.70. The number of benzene rings is 2. The van der Waals surface area contributed by atoms with E-state index in [2.05, 4.69) is 99.5 Å². The van der Waals surface area contributed by atoms with E-state index in [9.17, 15) is 0 Å². The lowest BCUT2D eigenvalue weighted by atomic mass is 9.86. The summed E-state index contributed by atoms with van der Waals surface area (Å²) < 4.78 is 0. The summed E-state index contributed by atoms with van der Waals surface area (Å²) in [5.41, 5.74) is 4.05. The second-order valence-corrected chi connectivity index (χ2v) is 9.94. The molecule has 4 heteroatoms. The van der Waals surface area contributed by atoms with Crippen LogP contribution in [0.2, 0.25) is 0 Å². The van der Waals surface area contributed by atoms with Gasteiger partial charge in [-0.05, 0) is 66.6 Å². The van der Waals surface area contributed by atoms with E-state index in [0.717, 1.165) is 29.4 Å². The molecule has 1 saturated heterocycles. The minimum absolute atomic E-state index is 0.231. The van der Waals surface area contributed by atoms with Crippen LogP contribution in [0.5, 0.6) is 0 Å². The second-order valence-electron chi connectivity index (χ2n) is 8.95. The molecule has 3 rings (SSSR count). The molecule has 0 spiro atoms. The van der Waals surface area contributed by atoms with Gasteiger partial charge in [0.25, 0.3) is 0 Å². The van der Waals surface area contributed by atoms with Crippen LogP contribution < -0.4 is 9.80 Å². The number of thiol groups is 2. The van der Waals surface area contributed by atoms with Gasteiger partial charge in [-0.3, -0.25) is 0 Å². The predicted octanol–water partition coefficient (Wildman–Crippen LogP) is 6.48. The maximum absolute atomic E-state index is 4.85. The molecule has 27 heavy (non-hydrogen) atoms. The number of hydrogen-bond donors (Lipinski definition) is 2. The average molecular weight is 401 g/mol. The summed E-state index contributed by atoms with van der Waals surface area (Å²) in [4.78, 5) is 7.06. The lowest BCUT2D eigenvalue weighted by Crippen LogP contribution is -2.40. The Hall–Kier alpha value is -1.26. The van der Waals surface area contributed by atoms with Gasteiger partial charge in [0.05, 0.1) is 12.4 Å². The van der Waals surface area contributed by atoms with Gasteiger partial charge in [-0.1, -0.05) is 33.8 Å². The van der Waals surface area contributed by atoms with E-state index >= 15 is 0 Å². The molecule has 1 heterocycles. The highest BCUT2D eigenvalue weighted by Crippen LogP contribution is 2.37. The lowest BCUT2D eigenvalue weighted by molar-refractivity contribution is 0.334. The van der Waals surface area contributed by atoms with Crippen LogP contribution in [0.3, 0.4) is 0 Å².